The van der Waals surface area contributed by atoms with E-state index < -0.39 is 34.7 Å². The van der Waals surface area contributed by atoms with E-state index in [1.165, 1.54) is 12.1 Å². The number of sulfonamides is 1. The zero-order valence-electron chi connectivity index (χ0n) is 15.8. The van der Waals surface area contributed by atoms with Crippen molar-refractivity contribution in [2.75, 3.05) is 0 Å². The van der Waals surface area contributed by atoms with Gasteiger partial charge in [0, 0.05) is 12.0 Å². The molecular weight excluding hydrogens is 410 g/mol. The molecule has 0 fully saturated rings. The summed E-state index contributed by atoms with van der Waals surface area (Å²) in [5.41, 5.74) is 2.92. The molecule has 0 atom stereocenters. The summed E-state index contributed by atoms with van der Waals surface area (Å²) in [6.07, 6.45) is -0.878. The van der Waals surface area contributed by atoms with Crippen LogP contribution in [0.5, 0.6) is 0 Å². The Balaban J connectivity index is 1.85. The Kier molecular flexibility index (Phi) is 6.17. The molecule has 0 spiro atoms. The number of amides is 1. The van der Waals surface area contributed by atoms with Crippen molar-refractivity contribution in [3.05, 3.63) is 60.4 Å². The Hall–Kier alpha value is -3.66. The summed E-state index contributed by atoms with van der Waals surface area (Å²) in [4.78, 5) is 21.7. The molecule has 0 radical (unpaired) electrons. The Morgan fingerprint density at radius 2 is 1.67 bits per heavy atom. The van der Waals surface area contributed by atoms with Gasteiger partial charge in [-0.25, -0.2) is 0 Å². The first-order valence-corrected chi connectivity index (χ1v) is 10.3. The number of hydrogen-bond donors (Lipinski definition) is 1. The summed E-state index contributed by atoms with van der Waals surface area (Å²) < 4.78 is 33.0. The number of hydrogen-bond acceptors (Lipinski definition) is 6. The number of carboxylic acid groups (broad SMARTS) is 1. The zero-order valence-corrected chi connectivity index (χ0v) is 16.7. The first-order valence-electron chi connectivity index (χ1n) is 8.82. The van der Waals surface area contributed by atoms with Crippen molar-refractivity contribution < 1.29 is 27.6 Å². The number of aromatic nitrogens is 1. The van der Waals surface area contributed by atoms with Gasteiger partial charge in [-0.1, -0.05) is 57.3 Å². The van der Waals surface area contributed by atoms with Crippen LogP contribution in [0.15, 0.2) is 73.6 Å². The van der Waals surface area contributed by atoms with Gasteiger partial charge in [-0.15, -0.1) is 0 Å². The van der Waals surface area contributed by atoms with Crippen molar-refractivity contribution in [1.29, 1.82) is 0 Å². The van der Waals surface area contributed by atoms with E-state index >= 15 is 0 Å². The largest absolute Gasteiger partial charge is 0.481 e. The van der Waals surface area contributed by atoms with E-state index in [1.54, 1.807) is 19.1 Å². The fourth-order valence-corrected chi connectivity index (χ4v) is 3.48. The van der Waals surface area contributed by atoms with Crippen LogP contribution in [-0.2, 0) is 19.6 Å². The summed E-state index contributed by atoms with van der Waals surface area (Å²) >= 11 is 0. The Morgan fingerprint density at radius 1 is 1.00 bits per heavy atom. The maximum atomic E-state index is 12.3. The van der Waals surface area contributed by atoms with Crippen LogP contribution in [0.2, 0.25) is 0 Å². The van der Waals surface area contributed by atoms with Gasteiger partial charge in [0.2, 0.25) is 0 Å². The third-order valence-electron chi connectivity index (χ3n) is 4.16. The van der Waals surface area contributed by atoms with Crippen LogP contribution >= 0.6 is 0 Å². The molecule has 3 rings (SSSR count). The van der Waals surface area contributed by atoms with Gasteiger partial charge in [0.1, 0.15) is 11.5 Å². The maximum Gasteiger partial charge on any atom is 0.303 e. The second kappa shape index (κ2) is 8.78. The molecule has 30 heavy (non-hydrogen) atoms. The lowest BCUT2D eigenvalue weighted by atomic mass is 10.00. The molecule has 1 aromatic heterocycles. The molecule has 0 aliphatic carbocycles. The highest BCUT2D eigenvalue weighted by molar-refractivity contribution is 7.90. The first kappa shape index (κ1) is 21.1. The predicted octanol–water partition coefficient (Wildman–Crippen LogP) is 3.85. The van der Waals surface area contributed by atoms with E-state index in [2.05, 4.69) is 14.8 Å². The van der Waals surface area contributed by atoms with Crippen molar-refractivity contribution in [3.8, 4) is 22.4 Å². The number of carboxylic acids is 1. The summed E-state index contributed by atoms with van der Waals surface area (Å²) in [5.74, 6) is -1.53. The van der Waals surface area contributed by atoms with Gasteiger partial charge in [-0.2, -0.15) is 8.42 Å². The van der Waals surface area contributed by atoms with E-state index in [1.807, 2.05) is 30.3 Å². The second-order valence-corrected chi connectivity index (χ2v) is 7.88. The summed E-state index contributed by atoms with van der Waals surface area (Å²) in [5, 5.41) is 15.7. The highest BCUT2D eigenvalue weighted by Gasteiger charge is 2.19. The lowest BCUT2D eigenvalue weighted by Gasteiger charge is -2.04. The van der Waals surface area contributed by atoms with Gasteiger partial charge in [-0.3, -0.25) is 9.59 Å². The smallest absolute Gasteiger partial charge is 0.303 e. The van der Waals surface area contributed by atoms with Crippen molar-refractivity contribution in [3.63, 3.8) is 0 Å². The molecule has 0 saturated carbocycles. The topological polar surface area (TPSA) is 139 Å². The summed E-state index contributed by atoms with van der Waals surface area (Å²) in [6.45, 7) is 1.76. The highest BCUT2D eigenvalue weighted by Crippen LogP contribution is 2.34. The number of rotatable bonds is 7. The number of nitrogens with zero attached hydrogens (tertiary/aromatic N) is 3. The number of benzene rings is 2. The monoisotopic (exact) mass is 427 g/mol. The molecule has 3 aromatic rings. The Labute approximate surface area is 172 Å². The molecule has 0 unspecified atom stereocenters. The average molecular weight is 427 g/mol. The molecule has 10 heteroatoms. The van der Waals surface area contributed by atoms with Crippen LogP contribution in [0, 0.1) is 6.92 Å². The summed E-state index contributed by atoms with van der Waals surface area (Å²) in [6, 6.07) is 15.3. The number of carbonyl (C=O) groups excluding carboxylic acids is 1. The second-order valence-electron chi connectivity index (χ2n) is 6.30. The third-order valence-corrected chi connectivity index (χ3v) is 5.33. The molecule has 0 aliphatic heterocycles. The van der Waals surface area contributed by atoms with Crippen molar-refractivity contribution >= 4 is 21.9 Å². The fraction of sp³-hybridized carbons (Fsp3) is 0.150. The van der Waals surface area contributed by atoms with Gasteiger partial charge < -0.3 is 9.63 Å². The lowest BCUT2D eigenvalue weighted by Crippen LogP contribution is -2.02. The van der Waals surface area contributed by atoms with E-state index in [4.69, 9.17) is 9.63 Å². The Bertz CT molecular complexity index is 1200. The normalized spacial score (nSPS) is 11.6. The molecule has 0 saturated heterocycles. The number of carbonyl (C=O) groups is 2. The van der Waals surface area contributed by atoms with Crippen LogP contribution in [0.3, 0.4) is 0 Å². The van der Waals surface area contributed by atoms with Gasteiger partial charge in [-0.05, 0) is 24.6 Å². The zero-order chi connectivity index (χ0) is 21.7. The van der Waals surface area contributed by atoms with Crippen molar-refractivity contribution in [2.24, 2.45) is 9.63 Å². The van der Waals surface area contributed by atoms with E-state index in [0.717, 1.165) is 11.1 Å². The molecule has 154 valence electrons. The van der Waals surface area contributed by atoms with E-state index in [-0.39, 0.29) is 4.90 Å². The highest BCUT2D eigenvalue weighted by atomic mass is 32.2. The first-order chi connectivity index (χ1) is 14.3. The van der Waals surface area contributed by atoms with Gasteiger partial charge in [0.15, 0.2) is 0 Å². The molecule has 1 N–H and O–H groups in total. The minimum atomic E-state index is -4.20. The standard InChI is InChI=1S/C20H17N3O6S/c1-13-19(20(22-29-13)15-5-3-2-4-6-15)14-7-9-16(10-8-14)30(27,28)23-21-17(24)11-12-18(25)26/h2-10H,11-12H2,1H3,(H,25,26). The number of aliphatic carboxylic acids is 1. The van der Waals surface area contributed by atoms with Crippen LogP contribution in [0.25, 0.3) is 22.4 Å². The van der Waals surface area contributed by atoms with Gasteiger partial charge in [0.25, 0.3) is 15.9 Å². The molecule has 9 nitrogen and oxygen atoms in total. The average Bonchev–Trinajstić information content (AvgIpc) is 3.13. The number of aryl methyl sites for hydroxylation is 1. The van der Waals surface area contributed by atoms with E-state index in [9.17, 15) is 18.0 Å². The SMILES string of the molecule is Cc1onc(-c2ccccc2)c1-c1ccc(S(=O)(=O)N=NC(=O)CCC(=O)O)cc1. The van der Waals surface area contributed by atoms with Crippen LogP contribution < -0.4 is 0 Å². The Morgan fingerprint density at radius 3 is 2.30 bits per heavy atom. The third kappa shape index (κ3) is 4.84. The quantitative estimate of drug-likeness (QED) is 0.565. The molecule has 0 bridgehead atoms. The van der Waals surface area contributed by atoms with Gasteiger partial charge in [0.05, 0.1) is 16.9 Å². The molecule has 2 aromatic carbocycles. The molecule has 0 aliphatic rings. The minimum Gasteiger partial charge on any atom is -0.481 e. The predicted molar refractivity (Wildman–Crippen MR) is 106 cm³/mol. The summed E-state index contributed by atoms with van der Waals surface area (Å²) in [7, 11) is -4.20. The van der Waals surface area contributed by atoms with Crippen LogP contribution in [0.4, 0.5) is 0 Å². The molecular formula is C20H17N3O6S. The van der Waals surface area contributed by atoms with E-state index in [0.29, 0.717) is 17.0 Å². The molecule has 1 amide bonds. The van der Waals surface area contributed by atoms with Gasteiger partial charge >= 0.3 is 5.97 Å². The van der Waals surface area contributed by atoms with Crippen LogP contribution in [0.1, 0.15) is 18.6 Å². The van der Waals surface area contributed by atoms with Crippen LogP contribution in [-0.4, -0.2) is 30.6 Å². The van der Waals surface area contributed by atoms with Crippen molar-refractivity contribution in [1.82, 2.24) is 5.16 Å². The van der Waals surface area contributed by atoms with Crippen molar-refractivity contribution in [2.45, 2.75) is 24.7 Å². The maximum absolute atomic E-state index is 12.3. The lowest BCUT2D eigenvalue weighted by molar-refractivity contribution is -0.138. The molecule has 1 heterocycles. The minimum absolute atomic E-state index is 0.156. The fourth-order valence-electron chi connectivity index (χ4n) is 2.71.